The normalized spacial score (nSPS) is 9.69. The van der Waals surface area contributed by atoms with Gasteiger partial charge in [-0.05, 0) is 13.3 Å². The lowest BCUT2D eigenvalue weighted by Crippen LogP contribution is -2.05. The molecule has 2 nitrogen and oxygen atoms in total. The Morgan fingerprint density at radius 2 is 1.85 bits per heavy atom. The van der Waals surface area contributed by atoms with Crippen molar-refractivity contribution in [2.24, 2.45) is 0 Å². The first-order valence-electron chi connectivity index (χ1n) is 4.80. The summed E-state index contributed by atoms with van der Waals surface area (Å²) in [4.78, 5) is 10.9. The van der Waals surface area contributed by atoms with Gasteiger partial charge in [0.15, 0.2) is 0 Å². The molecule has 13 heavy (non-hydrogen) atoms. The van der Waals surface area contributed by atoms with E-state index >= 15 is 0 Å². The molecule has 0 aliphatic carbocycles. The molecule has 0 aromatic heterocycles. The lowest BCUT2D eigenvalue weighted by Gasteiger charge is -2.03. The van der Waals surface area contributed by atoms with Crippen LogP contribution in [0, 0.1) is 6.92 Å². The Morgan fingerprint density at radius 3 is 2.38 bits per heavy atom. The van der Waals surface area contributed by atoms with Crippen LogP contribution in [0.1, 0.15) is 39.0 Å². The highest BCUT2D eigenvalue weighted by molar-refractivity contribution is 5.86. The van der Waals surface area contributed by atoms with Crippen LogP contribution in [0.3, 0.4) is 0 Å². The summed E-state index contributed by atoms with van der Waals surface area (Å²) >= 11 is 0. The quantitative estimate of drug-likeness (QED) is 0.344. The number of ether oxygens (including phenoxy) is 1. The summed E-state index contributed by atoms with van der Waals surface area (Å²) < 4.78 is 4.93. The number of unbranched alkanes of at least 4 members (excludes halogenated alkanes) is 4. The summed E-state index contributed by atoms with van der Waals surface area (Å²) in [5.74, 6) is -0.280. The topological polar surface area (TPSA) is 26.3 Å². The maximum Gasteiger partial charge on any atom is 0.333 e. The van der Waals surface area contributed by atoms with Crippen molar-refractivity contribution in [2.45, 2.75) is 39.0 Å². The molecule has 0 aliphatic heterocycles. The van der Waals surface area contributed by atoms with E-state index in [1.807, 2.05) is 0 Å². The molecule has 0 aromatic carbocycles. The van der Waals surface area contributed by atoms with Crippen LogP contribution in [0.5, 0.6) is 0 Å². The van der Waals surface area contributed by atoms with Gasteiger partial charge in [-0.3, -0.25) is 0 Å². The highest BCUT2D eigenvalue weighted by atomic mass is 16.5. The zero-order chi connectivity index (χ0) is 10.1. The summed E-state index contributed by atoms with van der Waals surface area (Å²) in [5.41, 5.74) is 0.470. The molecule has 0 aliphatic rings. The molecular formula is C11H19O2. The summed E-state index contributed by atoms with van der Waals surface area (Å²) in [6.07, 6.45) is 5.38. The standard InChI is InChI=1S/C11H19O2/c1-4-5-6-7-8-9-13-11(12)10(2)3/h1-2,4-9H2,3H3. The van der Waals surface area contributed by atoms with Crippen LogP contribution in [0.4, 0.5) is 0 Å². The Kier molecular flexibility index (Phi) is 7.36. The van der Waals surface area contributed by atoms with Gasteiger partial charge < -0.3 is 4.74 Å². The molecule has 75 valence electrons. The van der Waals surface area contributed by atoms with E-state index in [-0.39, 0.29) is 5.97 Å². The van der Waals surface area contributed by atoms with Crippen molar-refractivity contribution < 1.29 is 9.53 Å². The van der Waals surface area contributed by atoms with Crippen LogP contribution in [-0.2, 0) is 9.53 Å². The molecular weight excluding hydrogens is 164 g/mol. The molecule has 0 saturated carbocycles. The third kappa shape index (κ3) is 7.57. The lowest BCUT2D eigenvalue weighted by molar-refractivity contribution is -0.139. The van der Waals surface area contributed by atoms with Crippen molar-refractivity contribution in [2.75, 3.05) is 6.61 Å². The molecule has 1 radical (unpaired) electrons. The zero-order valence-corrected chi connectivity index (χ0v) is 8.47. The molecule has 0 heterocycles. The molecule has 2 heteroatoms. The first kappa shape index (κ1) is 12.2. The van der Waals surface area contributed by atoms with E-state index in [1.54, 1.807) is 6.92 Å². The van der Waals surface area contributed by atoms with E-state index in [9.17, 15) is 4.79 Å². The molecule has 0 spiro atoms. The number of esters is 1. The first-order chi connectivity index (χ1) is 6.18. The fourth-order valence-electron chi connectivity index (χ4n) is 0.920. The van der Waals surface area contributed by atoms with Crippen molar-refractivity contribution in [1.82, 2.24) is 0 Å². The number of carbonyl (C=O) groups excluding carboxylic acids is 1. The van der Waals surface area contributed by atoms with E-state index in [0.717, 1.165) is 25.7 Å². The van der Waals surface area contributed by atoms with Crippen molar-refractivity contribution >= 4 is 5.97 Å². The van der Waals surface area contributed by atoms with E-state index in [4.69, 9.17) is 4.74 Å². The highest BCUT2D eigenvalue weighted by Crippen LogP contribution is 2.03. The van der Waals surface area contributed by atoms with Gasteiger partial charge in [0, 0.05) is 5.57 Å². The number of carbonyl (C=O) groups is 1. The van der Waals surface area contributed by atoms with Crippen molar-refractivity contribution in [3.8, 4) is 0 Å². The Hall–Kier alpha value is -0.790. The Morgan fingerprint density at radius 1 is 1.23 bits per heavy atom. The number of rotatable bonds is 7. The highest BCUT2D eigenvalue weighted by Gasteiger charge is 2.01. The number of hydrogen-bond acceptors (Lipinski definition) is 2. The average molecular weight is 183 g/mol. The van der Waals surface area contributed by atoms with Crippen molar-refractivity contribution in [3.63, 3.8) is 0 Å². The Balaban J connectivity index is 3.16. The molecule has 0 unspecified atom stereocenters. The van der Waals surface area contributed by atoms with E-state index in [2.05, 4.69) is 13.5 Å². The van der Waals surface area contributed by atoms with Crippen LogP contribution < -0.4 is 0 Å². The first-order valence-corrected chi connectivity index (χ1v) is 4.80. The van der Waals surface area contributed by atoms with Crippen LogP contribution >= 0.6 is 0 Å². The molecule has 0 fully saturated rings. The second-order valence-corrected chi connectivity index (χ2v) is 3.18. The van der Waals surface area contributed by atoms with Gasteiger partial charge in [0.25, 0.3) is 0 Å². The third-order valence-electron chi connectivity index (χ3n) is 1.73. The summed E-state index contributed by atoms with van der Waals surface area (Å²) in [7, 11) is 0. The van der Waals surface area contributed by atoms with Crippen molar-refractivity contribution in [3.05, 3.63) is 19.1 Å². The van der Waals surface area contributed by atoms with Gasteiger partial charge in [0.1, 0.15) is 0 Å². The minimum absolute atomic E-state index is 0.280. The monoisotopic (exact) mass is 183 g/mol. The maximum absolute atomic E-state index is 10.9. The predicted octanol–water partition coefficient (Wildman–Crippen LogP) is 2.89. The van der Waals surface area contributed by atoms with E-state index in [0.29, 0.717) is 12.2 Å². The van der Waals surface area contributed by atoms with Gasteiger partial charge in [-0.15, -0.1) is 0 Å². The smallest absolute Gasteiger partial charge is 0.333 e. The minimum Gasteiger partial charge on any atom is -0.462 e. The van der Waals surface area contributed by atoms with Crippen LogP contribution in [0.2, 0.25) is 0 Å². The molecule has 0 aromatic rings. The summed E-state index contributed by atoms with van der Waals surface area (Å²) in [6, 6.07) is 0. The fourth-order valence-corrected chi connectivity index (χ4v) is 0.920. The molecule has 0 N–H and O–H groups in total. The molecule has 0 amide bonds. The number of hydrogen-bond donors (Lipinski definition) is 0. The van der Waals surface area contributed by atoms with Crippen LogP contribution in [0.25, 0.3) is 0 Å². The zero-order valence-electron chi connectivity index (χ0n) is 8.47. The summed E-state index contributed by atoms with van der Waals surface area (Å²) in [6.45, 7) is 9.43. The lowest BCUT2D eigenvalue weighted by atomic mass is 10.2. The van der Waals surface area contributed by atoms with E-state index in [1.165, 1.54) is 6.42 Å². The average Bonchev–Trinajstić information content (AvgIpc) is 2.10. The minimum atomic E-state index is -0.280. The Bertz CT molecular complexity index is 161. The third-order valence-corrected chi connectivity index (χ3v) is 1.73. The van der Waals surface area contributed by atoms with Crippen LogP contribution in [0.15, 0.2) is 12.2 Å². The molecule has 0 bridgehead atoms. The molecule has 0 rings (SSSR count). The second-order valence-electron chi connectivity index (χ2n) is 3.18. The van der Waals surface area contributed by atoms with Crippen molar-refractivity contribution in [1.29, 1.82) is 0 Å². The van der Waals surface area contributed by atoms with E-state index < -0.39 is 0 Å². The van der Waals surface area contributed by atoms with Gasteiger partial charge in [-0.1, -0.05) is 39.2 Å². The predicted molar refractivity (Wildman–Crippen MR) is 54.2 cm³/mol. The molecule has 0 atom stereocenters. The van der Waals surface area contributed by atoms with Gasteiger partial charge in [-0.2, -0.15) is 0 Å². The van der Waals surface area contributed by atoms with Gasteiger partial charge in [-0.25, -0.2) is 4.79 Å². The van der Waals surface area contributed by atoms with Gasteiger partial charge in [0.05, 0.1) is 6.61 Å². The maximum atomic E-state index is 10.9. The SMILES string of the molecule is [CH2]CCCCCCOC(=O)C(=C)C. The molecule has 0 saturated heterocycles. The Labute approximate surface area is 81.0 Å². The van der Waals surface area contributed by atoms with Gasteiger partial charge >= 0.3 is 5.97 Å². The van der Waals surface area contributed by atoms with Gasteiger partial charge in [0.2, 0.25) is 0 Å². The summed E-state index contributed by atoms with van der Waals surface area (Å²) in [5, 5.41) is 0. The largest absolute Gasteiger partial charge is 0.462 e. The second kappa shape index (κ2) is 7.84. The fraction of sp³-hybridized carbons (Fsp3) is 0.636. The van der Waals surface area contributed by atoms with Crippen LogP contribution in [-0.4, -0.2) is 12.6 Å².